The molecule has 0 radical (unpaired) electrons. The SMILES string of the molecule is C[C@@H](C(=O)c1ccccc1)[C@@H]1NC(=O)c2ccccc21. The van der Waals surface area contributed by atoms with Crippen molar-refractivity contribution < 1.29 is 9.59 Å². The van der Waals surface area contributed by atoms with E-state index < -0.39 is 0 Å². The van der Waals surface area contributed by atoms with Gasteiger partial charge in [0.15, 0.2) is 5.78 Å². The molecule has 100 valence electrons. The van der Waals surface area contributed by atoms with Crippen molar-refractivity contribution in [1.82, 2.24) is 5.32 Å². The van der Waals surface area contributed by atoms with Crippen molar-refractivity contribution in [2.75, 3.05) is 0 Å². The molecule has 2 aromatic carbocycles. The van der Waals surface area contributed by atoms with Gasteiger partial charge >= 0.3 is 0 Å². The first-order valence-corrected chi connectivity index (χ1v) is 6.67. The van der Waals surface area contributed by atoms with Crippen LogP contribution in [0.1, 0.15) is 39.2 Å². The first-order valence-electron chi connectivity index (χ1n) is 6.67. The Hall–Kier alpha value is -2.42. The molecule has 1 amide bonds. The zero-order chi connectivity index (χ0) is 14.1. The van der Waals surface area contributed by atoms with E-state index in [9.17, 15) is 9.59 Å². The van der Waals surface area contributed by atoms with Crippen molar-refractivity contribution in [2.24, 2.45) is 5.92 Å². The fourth-order valence-electron chi connectivity index (χ4n) is 2.68. The highest BCUT2D eigenvalue weighted by Gasteiger charge is 2.35. The van der Waals surface area contributed by atoms with E-state index in [0.717, 1.165) is 5.56 Å². The largest absolute Gasteiger partial charge is 0.344 e. The lowest BCUT2D eigenvalue weighted by molar-refractivity contribution is 0.0880. The highest BCUT2D eigenvalue weighted by molar-refractivity contribution is 6.02. The van der Waals surface area contributed by atoms with E-state index in [1.807, 2.05) is 55.5 Å². The summed E-state index contributed by atoms with van der Waals surface area (Å²) < 4.78 is 0. The topological polar surface area (TPSA) is 46.2 Å². The molecule has 0 fully saturated rings. The maximum atomic E-state index is 12.5. The lowest BCUT2D eigenvalue weighted by Crippen LogP contribution is -2.29. The van der Waals surface area contributed by atoms with E-state index in [1.54, 1.807) is 6.07 Å². The molecule has 1 aliphatic rings. The minimum Gasteiger partial charge on any atom is -0.344 e. The molecule has 3 nitrogen and oxygen atoms in total. The zero-order valence-electron chi connectivity index (χ0n) is 11.2. The molecule has 0 aliphatic carbocycles. The van der Waals surface area contributed by atoms with E-state index in [1.165, 1.54) is 0 Å². The van der Waals surface area contributed by atoms with Crippen molar-refractivity contribution in [3.63, 3.8) is 0 Å². The van der Waals surface area contributed by atoms with Gasteiger partial charge in [-0.05, 0) is 11.6 Å². The molecule has 1 aliphatic heterocycles. The Morgan fingerprint density at radius 1 is 1.05 bits per heavy atom. The van der Waals surface area contributed by atoms with E-state index >= 15 is 0 Å². The average molecular weight is 265 g/mol. The molecular weight excluding hydrogens is 250 g/mol. The number of benzene rings is 2. The smallest absolute Gasteiger partial charge is 0.252 e. The van der Waals surface area contributed by atoms with Crippen LogP contribution in [0.4, 0.5) is 0 Å². The molecule has 0 aromatic heterocycles. The normalized spacial score (nSPS) is 18.2. The summed E-state index contributed by atoms with van der Waals surface area (Å²) in [4.78, 5) is 24.4. The molecule has 3 rings (SSSR count). The maximum absolute atomic E-state index is 12.5. The number of fused-ring (bicyclic) bond motifs is 1. The third kappa shape index (κ3) is 2.01. The summed E-state index contributed by atoms with van der Waals surface area (Å²) in [6, 6.07) is 16.4. The second kappa shape index (κ2) is 4.93. The molecule has 2 atom stereocenters. The van der Waals surface area contributed by atoms with E-state index in [4.69, 9.17) is 0 Å². The van der Waals surface area contributed by atoms with Gasteiger partial charge in [0, 0.05) is 17.0 Å². The van der Waals surface area contributed by atoms with Crippen LogP contribution >= 0.6 is 0 Å². The number of carbonyl (C=O) groups excluding carboxylic acids is 2. The Morgan fingerprint density at radius 2 is 1.70 bits per heavy atom. The third-order valence-corrected chi connectivity index (χ3v) is 3.80. The van der Waals surface area contributed by atoms with E-state index in [0.29, 0.717) is 11.1 Å². The number of Topliss-reactive ketones (excluding diaryl/α,β-unsaturated/α-hetero) is 1. The molecule has 0 bridgehead atoms. The van der Waals surface area contributed by atoms with Gasteiger partial charge in [-0.15, -0.1) is 0 Å². The summed E-state index contributed by atoms with van der Waals surface area (Å²) in [6.45, 7) is 1.86. The number of nitrogens with one attached hydrogen (secondary N) is 1. The molecule has 1 N–H and O–H groups in total. The Bertz CT molecular complexity index is 664. The molecule has 1 heterocycles. The van der Waals surface area contributed by atoms with E-state index in [2.05, 4.69) is 5.32 Å². The third-order valence-electron chi connectivity index (χ3n) is 3.80. The van der Waals surface area contributed by atoms with E-state index in [-0.39, 0.29) is 23.7 Å². The van der Waals surface area contributed by atoms with Crippen LogP contribution in [0.3, 0.4) is 0 Å². The molecule has 0 spiro atoms. The Kier molecular flexibility index (Phi) is 3.11. The summed E-state index contributed by atoms with van der Waals surface area (Å²) >= 11 is 0. The van der Waals surface area contributed by atoms with Crippen molar-refractivity contribution in [1.29, 1.82) is 0 Å². The number of carbonyl (C=O) groups is 2. The van der Waals surface area contributed by atoms with Gasteiger partial charge in [-0.3, -0.25) is 9.59 Å². The Labute approximate surface area is 117 Å². The highest BCUT2D eigenvalue weighted by Crippen LogP contribution is 2.32. The number of rotatable bonds is 3. The van der Waals surface area contributed by atoms with Crippen LogP contribution in [0, 0.1) is 5.92 Å². The second-order valence-corrected chi connectivity index (χ2v) is 5.06. The minimum atomic E-state index is -0.287. The standard InChI is InChI=1S/C17H15NO2/c1-11(16(19)12-7-3-2-4-8-12)15-13-9-5-6-10-14(13)17(20)18-15/h2-11,15H,1H3,(H,18,20)/t11-,15+/m1/s1. The lowest BCUT2D eigenvalue weighted by Gasteiger charge is -2.19. The van der Waals surface area contributed by atoms with Crippen molar-refractivity contribution in [2.45, 2.75) is 13.0 Å². The average Bonchev–Trinajstić information content (AvgIpc) is 2.84. The van der Waals surface area contributed by atoms with Crippen LogP contribution in [-0.2, 0) is 0 Å². The zero-order valence-corrected chi connectivity index (χ0v) is 11.2. The first kappa shape index (κ1) is 12.6. The maximum Gasteiger partial charge on any atom is 0.252 e. The van der Waals surface area contributed by atoms with Crippen LogP contribution in [0.15, 0.2) is 54.6 Å². The quantitative estimate of drug-likeness (QED) is 0.867. The molecule has 20 heavy (non-hydrogen) atoms. The van der Waals surface area contributed by atoms with Gasteiger partial charge in [0.1, 0.15) is 0 Å². The number of hydrogen-bond donors (Lipinski definition) is 1. The predicted molar refractivity (Wildman–Crippen MR) is 76.6 cm³/mol. The Morgan fingerprint density at radius 3 is 2.45 bits per heavy atom. The fraction of sp³-hybridized carbons (Fsp3) is 0.176. The van der Waals surface area contributed by atoms with Crippen LogP contribution in [0.25, 0.3) is 0 Å². The monoisotopic (exact) mass is 265 g/mol. The van der Waals surface area contributed by atoms with Gasteiger partial charge in [-0.2, -0.15) is 0 Å². The molecule has 0 unspecified atom stereocenters. The molecule has 0 saturated heterocycles. The summed E-state index contributed by atoms with van der Waals surface area (Å²) in [5.74, 6) is -0.337. The molecule has 0 saturated carbocycles. The first-order chi connectivity index (χ1) is 9.68. The minimum absolute atomic E-state index is 0.0487. The number of amides is 1. The van der Waals surface area contributed by atoms with Gasteiger partial charge < -0.3 is 5.32 Å². The predicted octanol–water partition coefficient (Wildman–Crippen LogP) is 2.99. The van der Waals surface area contributed by atoms with Gasteiger partial charge in [-0.1, -0.05) is 55.5 Å². The highest BCUT2D eigenvalue weighted by atomic mass is 16.2. The van der Waals surface area contributed by atoms with Crippen LogP contribution in [0.2, 0.25) is 0 Å². The van der Waals surface area contributed by atoms with Gasteiger partial charge in [0.05, 0.1) is 6.04 Å². The summed E-state index contributed by atoms with van der Waals surface area (Å²) in [5.41, 5.74) is 2.26. The molecule has 3 heteroatoms. The van der Waals surface area contributed by atoms with Crippen molar-refractivity contribution in [3.05, 3.63) is 71.3 Å². The van der Waals surface area contributed by atoms with Crippen molar-refractivity contribution >= 4 is 11.7 Å². The van der Waals surface area contributed by atoms with Crippen LogP contribution in [0.5, 0.6) is 0 Å². The lowest BCUT2D eigenvalue weighted by atomic mass is 9.88. The second-order valence-electron chi connectivity index (χ2n) is 5.06. The summed E-state index contributed by atoms with van der Waals surface area (Å²) in [7, 11) is 0. The van der Waals surface area contributed by atoms with Crippen LogP contribution < -0.4 is 5.32 Å². The van der Waals surface area contributed by atoms with Crippen molar-refractivity contribution in [3.8, 4) is 0 Å². The van der Waals surface area contributed by atoms with Gasteiger partial charge in [0.25, 0.3) is 5.91 Å². The number of hydrogen-bond acceptors (Lipinski definition) is 2. The molecular formula is C17H15NO2. The van der Waals surface area contributed by atoms with Gasteiger partial charge in [0.2, 0.25) is 0 Å². The number of ketones is 1. The molecule has 2 aromatic rings. The summed E-state index contributed by atoms with van der Waals surface area (Å²) in [5, 5.41) is 2.91. The van der Waals surface area contributed by atoms with Crippen LogP contribution in [-0.4, -0.2) is 11.7 Å². The fourth-order valence-corrected chi connectivity index (χ4v) is 2.68. The Balaban J connectivity index is 1.91. The van der Waals surface area contributed by atoms with Gasteiger partial charge in [-0.25, -0.2) is 0 Å². The summed E-state index contributed by atoms with van der Waals surface area (Å²) in [6.07, 6.45) is 0.